The fraction of sp³-hybridized carbons (Fsp3) is 0.276. The zero-order valence-electron chi connectivity index (χ0n) is 20.6. The molecule has 2 N–H and O–H groups in total. The number of amides is 3. The van der Waals surface area contributed by atoms with Gasteiger partial charge in [-0.3, -0.25) is 14.4 Å². The minimum atomic E-state index is -0.265. The molecule has 0 aromatic heterocycles. The number of nitrogens with one attached hydrogen (secondary N) is 2. The van der Waals surface area contributed by atoms with Crippen molar-refractivity contribution in [3.8, 4) is 5.75 Å². The standard InChI is InChI=1S/C29H31N3O4/c1-20(24-10-6-11-25(16-24)30-21(2)33)32(18-22-8-4-3-5-9-22)28(34)19-36-27-13-7-12-26(17-27)31-29(35)23-14-15-23/h3-13,16-17,20,23H,14-15,18-19H2,1-2H3,(H,30,33)(H,31,35). The Bertz CT molecular complexity index is 1220. The number of ether oxygens (including phenoxy) is 1. The first-order valence-corrected chi connectivity index (χ1v) is 12.1. The van der Waals surface area contributed by atoms with Crippen molar-refractivity contribution in [2.45, 2.75) is 39.3 Å². The molecule has 186 valence electrons. The van der Waals surface area contributed by atoms with Crippen molar-refractivity contribution in [3.63, 3.8) is 0 Å². The van der Waals surface area contributed by atoms with Crippen LogP contribution < -0.4 is 15.4 Å². The van der Waals surface area contributed by atoms with Crippen molar-refractivity contribution in [2.75, 3.05) is 17.2 Å². The number of hydrogen-bond acceptors (Lipinski definition) is 4. The van der Waals surface area contributed by atoms with Gasteiger partial charge in [-0.05, 0) is 55.2 Å². The summed E-state index contributed by atoms with van der Waals surface area (Å²) >= 11 is 0. The normalized spacial score (nSPS) is 13.4. The zero-order chi connectivity index (χ0) is 25.5. The lowest BCUT2D eigenvalue weighted by Gasteiger charge is -2.30. The van der Waals surface area contributed by atoms with E-state index in [0.717, 1.165) is 24.0 Å². The highest BCUT2D eigenvalue weighted by atomic mass is 16.5. The van der Waals surface area contributed by atoms with Crippen LogP contribution in [0.1, 0.15) is 43.9 Å². The molecule has 1 saturated carbocycles. The van der Waals surface area contributed by atoms with E-state index in [1.165, 1.54) is 6.92 Å². The maximum atomic E-state index is 13.4. The van der Waals surface area contributed by atoms with E-state index in [2.05, 4.69) is 10.6 Å². The average molecular weight is 486 g/mol. The quantitative estimate of drug-likeness (QED) is 0.415. The van der Waals surface area contributed by atoms with Gasteiger partial charge in [0.2, 0.25) is 11.8 Å². The van der Waals surface area contributed by atoms with Gasteiger partial charge in [0, 0.05) is 36.8 Å². The van der Waals surface area contributed by atoms with Gasteiger partial charge >= 0.3 is 0 Å². The third-order valence-electron chi connectivity index (χ3n) is 6.09. The highest BCUT2D eigenvalue weighted by Crippen LogP contribution is 2.31. The lowest BCUT2D eigenvalue weighted by atomic mass is 10.0. The van der Waals surface area contributed by atoms with E-state index in [1.807, 2.05) is 61.5 Å². The topological polar surface area (TPSA) is 87.7 Å². The molecule has 1 aliphatic carbocycles. The fourth-order valence-corrected chi connectivity index (χ4v) is 3.96. The lowest BCUT2D eigenvalue weighted by molar-refractivity contribution is -0.136. The molecule has 3 aromatic rings. The van der Waals surface area contributed by atoms with E-state index in [0.29, 0.717) is 23.7 Å². The molecule has 1 unspecified atom stereocenters. The fourth-order valence-electron chi connectivity index (χ4n) is 3.96. The zero-order valence-corrected chi connectivity index (χ0v) is 20.6. The number of carbonyl (C=O) groups is 3. The van der Waals surface area contributed by atoms with E-state index in [9.17, 15) is 14.4 Å². The second-order valence-corrected chi connectivity index (χ2v) is 9.07. The summed E-state index contributed by atoms with van der Waals surface area (Å²) in [5, 5.41) is 5.70. The summed E-state index contributed by atoms with van der Waals surface area (Å²) < 4.78 is 5.85. The summed E-state index contributed by atoms with van der Waals surface area (Å²) in [4.78, 5) is 38.8. The number of rotatable bonds is 10. The Labute approximate surface area is 211 Å². The maximum absolute atomic E-state index is 13.4. The van der Waals surface area contributed by atoms with Crippen LogP contribution in [0.5, 0.6) is 5.75 Å². The summed E-state index contributed by atoms with van der Waals surface area (Å²) in [6.45, 7) is 3.68. The van der Waals surface area contributed by atoms with Crippen LogP contribution in [0.2, 0.25) is 0 Å². The summed E-state index contributed by atoms with van der Waals surface area (Å²) in [6.07, 6.45) is 1.86. The molecular weight excluding hydrogens is 454 g/mol. The van der Waals surface area contributed by atoms with Crippen molar-refractivity contribution < 1.29 is 19.1 Å². The third-order valence-corrected chi connectivity index (χ3v) is 6.09. The molecule has 7 nitrogen and oxygen atoms in total. The van der Waals surface area contributed by atoms with Gasteiger partial charge < -0.3 is 20.3 Å². The van der Waals surface area contributed by atoms with Crippen LogP contribution in [0.15, 0.2) is 78.9 Å². The van der Waals surface area contributed by atoms with E-state index in [4.69, 9.17) is 4.74 Å². The van der Waals surface area contributed by atoms with Crippen molar-refractivity contribution >= 4 is 29.1 Å². The molecule has 0 heterocycles. The Hall–Kier alpha value is -4.13. The molecule has 3 aromatic carbocycles. The molecule has 0 spiro atoms. The van der Waals surface area contributed by atoms with Crippen LogP contribution in [-0.2, 0) is 20.9 Å². The van der Waals surface area contributed by atoms with Crippen molar-refractivity contribution in [3.05, 3.63) is 90.0 Å². The van der Waals surface area contributed by atoms with Gasteiger partial charge in [0.25, 0.3) is 5.91 Å². The van der Waals surface area contributed by atoms with Gasteiger partial charge in [-0.15, -0.1) is 0 Å². The van der Waals surface area contributed by atoms with Crippen LogP contribution >= 0.6 is 0 Å². The summed E-state index contributed by atoms with van der Waals surface area (Å²) in [7, 11) is 0. The van der Waals surface area contributed by atoms with Crippen LogP contribution in [0.4, 0.5) is 11.4 Å². The molecule has 36 heavy (non-hydrogen) atoms. The molecule has 3 amide bonds. The third kappa shape index (κ3) is 6.95. The summed E-state index contributed by atoms with van der Waals surface area (Å²) in [5.41, 5.74) is 3.23. The first-order valence-electron chi connectivity index (χ1n) is 12.1. The van der Waals surface area contributed by atoms with Crippen LogP contribution in [0.3, 0.4) is 0 Å². The number of benzene rings is 3. The van der Waals surface area contributed by atoms with Crippen molar-refractivity contribution in [1.29, 1.82) is 0 Å². The Kier molecular flexibility index (Phi) is 8.00. The summed E-state index contributed by atoms with van der Waals surface area (Å²) in [5.74, 6) is 0.308. The molecule has 0 aliphatic heterocycles. The molecule has 0 saturated heterocycles. The van der Waals surface area contributed by atoms with Crippen molar-refractivity contribution in [2.24, 2.45) is 5.92 Å². The first kappa shape index (κ1) is 25.0. The second-order valence-electron chi connectivity index (χ2n) is 9.07. The average Bonchev–Trinajstić information content (AvgIpc) is 3.72. The molecule has 4 rings (SSSR count). The lowest BCUT2D eigenvalue weighted by Crippen LogP contribution is -2.36. The van der Waals surface area contributed by atoms with Crippen LogP contribution in [0.25, 0.3) is 0 Å². The Morgan fingerprint density at radius 1 is 0.917 bits per heavy atom. The molecule has 0 bridgehead atoms. The molecule has 0 radical (unpaired) electrons. The second kappa shape index (κ2) is 11.5. The molecule has 1 fully saturated rings. The minimum absolute atomic E-state index is 0.0209. The first-order chi connectivity index (χ1) is 17.4. The summed E-state index contributed by atoms with van der Waals surface area (Å²) in [6, 6.07) is 24.1. The van der Waals surface area contributed by atoms with Gasteiger partial charge in [0.1, 0.15) is 5.75 Å². The molecule has 7 heteroatoms. The van der Waals surface area contributed by atoms with Gasteiger partial charge in [-0.25, -0.2) is 0 Å². The van der Waals surface area contributed by atoms with Crippen LogP contribution in [-0.4, -0.2) is 29.2 Å². The number of carbonyl (C=O) groups excluding carboxylic acids is 3. The number of hydrogen-bond donors (Lipinski definition) is 2. The van der Waals surface area contributed by atoms with E-state index in [1.54, 1.807) is 29.2 Å². The van der Waals surface area contributed by atoms with Gasteiger partial charge in [-0.2, -0.15) is 0 Å². The highest BCUT2D eigenvalue weighted by molar-refractivity contribution is 5.94. The minimum Gasteiger partial charge on any atom is -0.484 e. The number of anilines is 2. The Morgan fingerprint density at radius 2 is 1.61 bits per heavy atom. The Balaban J connectivity index is 1.48. The van der Waals surface area contributed by atoms with Gasteiger partial charge in [-0.1, -0.05) is 48.5 Å². The molecular formula is C29H31N3O4. The van der Waals surface area contributed by atoms with E-state index in [-0.39, 0.29) is 36.3 Å². The van der Waals surface area contributed by atoms with E-state index < -0.39 is 0 Å². The monoisotopic (exact) mass is 485 g/mol. The molecule has 1 aliphatic rings. The maximum Gasteiger partial charge on any atom is 0.261 e. The van der Waals surface area contributed by atoms with Gasteiger partial charge in [0.15, 0.2) is 6.61 Å². The SMILES string of the molecule is CC(=O)Nc1cccc(C(C)N(Cc2ccccc2)C(=O)COc2cccc(NC(=O)C3CC3)c2)c1. The highest BCUT2D eigenvalue weighted by Gasteiger charge is 2.29. The van der Waals surface area contributed by atoms with Gasteiger partial charge in [0.05, 0.1) is 6.04 Å². The van der Waals surface area contributed by atoms with E-state index >= 15 is 0 Å². The Morgan fingerprint density at radius 3 is 2.31 bits per heavy atom. The molecule has 1 atom stereocenters. The predicted octanol–water partition coefficient (Wildman–Crippen LogP) is 5.16. The number of nitrogens with zero attached hydrogens (tertiary/aromatic N) is 1. The predicted molar refractivity (Wildman–Crippen MR) is 139 cm³/mol. The van der Waals surface area contributed by atoms with Crippen LogP contribution in [0, 0.1) is 5.92 Å². The smallest absolute Gasteiger partial charge is 0.261 e. The largest absolute Gasteiger partial charge is 0.484 e. The van der Waals surface area contributed by atoms with Crippen molar-refractivity contribution in [1.82, 2.24) is 4.90 Å².